The van der Waals surface area contributed by atoms with Gasteiger partial charge in [0.2, 0.25) is 0 Å². The van der Waals surface area contributed by atoms with Crippen molar-refractivity contribution < 1.29 is 23.1 Å². The Morgan fingerprint density at radius 2 is 2.37 bits per heavy atom. The van der Waals surface area contributed by atoms with Gasteiger partial charge in [-0.2, -0.15) is 4.31 Å². The predicted molar refractivity (Wildman–Crippen MR) is 63.9 cm³/mol. The van der Waals surface area contributed by atoms with Crippen LogP contribution in [-0.4, -0.2) is 59.6 Å². The van der Waals surface area contributed by atoms with Crippen molar-refractivity contribution in [1.82, 2.24) is 14.3 Å². The minimum atomic E-state index is -3.79. The lowest BCUT2D eigenvalue weighted by Crippen LogP contribution is -2.46. The molecule has 2 unspecified atom stereocenters. The van der Waals surface area contributed by atoms with Gasteiger partial charge < -0.3 is 14.8 Å². The number of likely N-dealkylation sites (N-methyl/N-ethyl adjacent to an activating group) is 1. The van der Waals surface area contributed by atoms with E-state index in [-0.39, 0.29) is 24.8 Å². The van der Waals surface area contributed by atoms with E-state index in [1.54, 1.807) is 6.92 Å². The van der Waals surface area contributed by atoms with Crippen LogP contribution in [-0.2, 0) is 19.6 Å². The molecule has 1 aromatic heterocycles. The van der Waals surface area contributed by atoms with Crippen molar-refractivity contribution in [2.24, 2.45) is 5.92 Å². The highest BCUT2D eigenvalue weighted by molar-refractivity contribution is 7.89. The fraction of sp³-hybridized carbons (Fsp3) is 0.600. The minimum Gasteiger partial charge on any atom is -0.481 e. The first-order valence-corrected chi connectivity index (χ1v) is 7.23. The number of nitrogens with one attached hydrogen (secondary N) is 1. The number of hydrogen-bond donors (Lipinski definition) is 2. The number of ether oxygens (including phenoxy) is 1. The maximum absolute atomic E-state index is 12.4. The first kappa shape index (κ1) is 14.0. The number of nitrogens with zero attached hydrogens (tertiary/aromatic N) is 2. The van der Waals surface area contributed by atoms with Crippen molar-refractivity contribution in [2.75, 3.05) is 19.8 Å². The summed E-state index contributed by atoms with van der Waals surface area (Å²) in [5.74, 6) is -1.90. The topological polar surface area (TPSA) is 113 Å². The molecule has 2 heterocycles. The highest BCUT2D eigenvalue weighted by atomic mass is 32.2. The van der Waals surface area contributed by atoms with E-state index in [1.807, 2.05) is 0 Å². The molecule has 1 aliphatic heterocycles. The van der Waals surface area contributed by atoms with Gasteiger partial charge in [-0.15, -0.1) is 0 Å². The monoisotopic (exact) mass is 289 g/mol. The Hall–Kier alpha value is -1.45. The van der Waals surface area contributed by atoms with Gasteiger partial charge in [0.05, 0.1) is 37.7 Å². The average Bonchev–Trinajstić information content (AvgIpc) is 3.00. The zero-order valence-electron chi connectivity index (χ0n) is 10.3. The van der Waals surface area contributed by atoms with E-state index in [2.05, 4.69) is 9.97 Å². The summed E-state index contributed by atoms with van der Waals surface area (Å²) in [5, 5.41) is 9.05. The molecule has 0 aliphatic carbocycles. The van der Waals surface area contributed by atoms with E-state index >= 15 is 0 Å². The van der Waals surface area contributed by atoms with Crippen molar-refractivity contribution in [3.05, 3.63) is 12.5 Å². The molecule has 0 spiro atoms. The Morgan fingerprint density at radius 1 is 1.63 bits per heavy atom. The van der Waals surface area contributed by atoms with Crippen molar-refractivity contribution in [3.8, 4) is 0 Å². The van der Waals surface area contributed by atoms with Crippen LogP contribution in [0.5, 0.6) is 0 Å². The third-order valence-electron chi connectivity index (χ3n) is 3.11. The van der Waals surface area contributed by atoms with E-state index in [1.165, 1.54) is 12.5 Å². The van der Waals surface area contributed by atoms with Crippen LogP contribution in [0.3, 0.4) is 0 Å². The summed E-state index contributed by atoms with van der Waals surface area (Å²) in [6.07, 6.45) is 2.46. The second-order valence-electron chi connectivity index (χ2n) is 4.17. The molecule has 0 radical (unpaired) electrons. The molecule has 1 aromatic rings. The smallest absolute Gasteiger partial charge is 0.310 e. The Balaban J connectivity index is 2.32. The summed E-state index contributed by atoms with van der Waals surface area (Å²) in [6, 6.07) is -0.698. The Bertz CT molecular complexity index is 542. The van der Waals surface area contributed by atoms with Gasteiger partial charge in [-0.1, -0.05) is 6.92 Å². The fourth-order valence-electron chi connectivity index (χ4n) is 2.16. The second kappa shape index (κ2) is 5.27. The molecule has 1 fully saturated rings. The first-order valence-electron chi connectivity index (χ1n) is 5.79. The summed E-state index contributed by atoms with van der Waals surface area (Å²) in [5.41, 5.74) is 0. The predicted octanol–water partition coefficient (Wildman–Crippen LogP) is -0.480. The third kappa shape index (κ3) is 2.48. The number of carboxylic acids is 1. The molecule has 0 aromatic carbocycles. The molecule has 1 aliphatic rings. The standard InChI is InChI=1S/C10H15N3O5S/c1-2-13(8-5-18-4-7(8)10(14)15)19(16,17)9-3-11-6-12-9/h3,6-8H,2,4-5H2,1H3,(H,11,12)(H,14,15). The van der Waals surface area contributed by atoms with Crippen LogP contribution in [0.15, 0.2) is 17.6 Å². The van der Waals surface area contributed by atoms with Gasteiger partial charge >= 0.3 is 5.97 Å². The third-order valence-corrected chi connectivity index (χ3v) is 5.03. The van der Waals surface area contributed by atoms with Crippen LogP contribution >= 0.6 is 0 Å². The molecule has 2 N–H and O–H groups in total. The second-order valence-corrected chi connectivity index (χ2v) is 6.03. The molecular formula is C10H15N3O5S. The van der Waals surface area contributed by atoms with E-state index in [0.717, 1.165) is 4.31 Å². The molecule has 8 nitrogen and oxygen atoms in total. The maximum Gasteiger partial charge on any atom is 0.310 e. The minimum absolute atomic E-state index is 0.0228. The zero-order chi connectivity index (χ0) is 14.0. The number of hydrogen-bond acceptors (Lipinski definition) is 5. The number of aromatic amines is 1. The van der Waals surface area contributed by atoms with Crippen LogP contribution in [0, 0.1) is 5.92 Å². The SMILES string of the molecule is CCN(C1COCC1C(=O)O)S(=O)(=O)c1cnc[nH]1. The van der Waals surface area contributed by atoms with Crippen LogP contribution in [0.1, 0.15) is 6.92 Å². The van der Waals surface area contributed by atoms with Crippen molar-refractivity contribution >= 4 is 16.0 Å². The maximum atomic E-state index is 12.4. The highest BCUT2D eigenvalue weighted by Gasteiger charge is 2.42. The summed E-state index contributed by atoms with van der Waals surface area (Å²) < 4.78 is 31.0. The molecule has 19 heavy (non-hydrogen) atoms. The fourth-order valence-corrected chi connectivity index (χ4v) is 3.71. The molecule has 2 rings (SSSR count). The van der Waals surface area contributed by atoms with Gasteiger partial charge in [0.1, 0.15) is 0 Å². The number of carbonyl (C=O) groups is 1. The molecule has 0 bridgehead atoms. The Morgan fingerprint density at radius 3 is 2.89 bits per heavy atom. The molecular weight excluding hydrogens is 274 g/mol. The zero-order valence-corrected chi connectivity index (χ0v) is 11.1. The highest BCUT2D eigenvalue weighted by Crippen LogP contribution is 2.25. The molecule has 0 amide bonds. The molecule has 9 heteroatoms. The molecule has 2 atom stereocenters. The Labute approximate surface area is 110 Å². The number of aromatic nitrogens is 2. The van der Waals surface area contributed by atoms with Crippen molar-refractivity contribution in [3.63, 3.8) is 0 Å². The van der Waals surface area contributed by atoms with Crippen LogP contribution in [0.2, 0.25) is 0 Å². The van der Waals surface area contributed by atoms with Crippen molar-refractivity contribution in [2.45, 2.75) is 18.0 Å². The van der Waals surface area contributed by atoms with E-state index in [0.29, 0.717) is 0 Å². The number of rotatable bonds is 5. The van der Waals surface area contributed by atoms with Crippen molar-refractivity contribution in [1.29, 1.82) is 0 Å². The normalized spacial score (nSPS) is 23.9. The average molecular weight is 289 g/mol. The number of H-pyrrole nitrogens is 1. The van der Waals surface area contributed by atoms with E-state index in [4.69, 9.17) is 9.84 Å². The number of aliphatic carboxylic acids is 1. The summed E-state index contributed by atoms with van der Waals surface area (Å²) in [7, 11) is -3.79. The first-order chi connectivity index (χ1) is 8.98. The number of sulfonamides is 1. The van der Waals surface area contributed by atoms with Gasteiger partial charge in [-0.25, -0.2) is 13.4 Å². The van der Waals surface area contributed by atoms with Crippen LogP contribution in [0.25, 0.3) is 0 Å². The largest absolute Gasteiger partial charge is 0.481 e. The quantitative estimate of drug-likeness (QED) is 0.757. The number of carboxylic acid groups (broad SMARTS) is 1. The van der Waals surface area contributed by atoms with Crippen LogP contribution in [0.4, 0.5) is 0 Å². The van der Waals surface area contributed by atoms with Gasteiger partial charge in [0, 0.05) is 6.54 Å². The molecule has 106 valence electrons. The van der Waals surface area contributed by atoms with Gasteiger partial charge in [0.25, 0.3) is 10.0 Å². The molecule has 1 saturated heterocycles. The van der Waals surface area contributed by atoms with E-state index < -0.39 is 28.0 Å². The van der Waals surface area contributed by atoms with Crippen LogP contribution < -0.4 is 0 Å². The lowest BCUT2D eigenvalue weighted by atomic mass is 10.0. The summed E-state index contributed by atoms with van der Waals surface area (Å²) in [6.45, 7) is 1.93. The summed E-state index contributed by atoms with van der Waals surface area (Å²) >= 11 is 0. The van der Waals surface area contributed by atoms with Gasteiger partial charge in [0.15, 0.2) is 5.03 Å². The van der Waals surface area contributed by atoms with Gasteiger partial charge in [-0.05, 0) is 0 Å². The lowest BCUT2D eigenvalue weighted by molar-refractivity contribution is -0.142. The van der Waals surface area contributed by atoms with Gasteiger partial charge in [-0.3, -0.25) is 4.79 Å². The summed E-state index contributed by atoms with van der Waals surface area (Å²) in [4.78, 5) is 17.3. The van der Waals surface area contributed by atoms with E-state index in [9.17, 15) is 13.2 Å². The lowest BCUT2D eigenvalue weighted by Gasteiger charge is -2.27. The molecule has 0 saturated carbocycles. The Kier molecular flexibility index (Phi) is 3.88. The number of imidazole rings is 1.